The summed E-state index contributed by atoms with van der Waals surface area (Å²) in [5.41, 5.74) is -0.698. The van der Waals surface area contributed by atoms with Crippen molar-refractivity contribution in [3.63, 3.8) is 0 Å². The Morgan fingerprint density at radius 1 is 1.15 bits per heavy atom. The molecule has 26 heavy (non-hydrogen) atoms. The zero-order valence-electron chi connectivity index (χ0n) is 13.4. The number of hydrogen-bond donors (Lipinski definition) is 1. The Morgan fingerprint density at radius 3 is 2.58 bits per heavy atom. The topological polar surface area (TPSA) is 49.4 Å². The predicted molar refractivity (Wildman–Crippen MR) is 92.0 cm³/mol. The van der Waals surface area contributed by atoms with Gasteiger partial charge < -0.3 is 10.2 Å². The van der Waals surface area contributed by atoms with Crippen LogP contribution in [0.3, 0.4) is 0 Å². The molecule has 2 aromatic carbocycles. The zero-order valence-corrected chi connectivity index (χ0v) is 14.1. The van der Waals surface area contributed by atoms with E-state index in [0.717, 1.165) is 6.07 Å². The highest BCUT2D eigenvalue weighted by Crippen LogP contribution is 2.35. The quantitative estimate of drug-likeness (QED) is 0.858. The molecule has 1 atom stereocenters. The van der Waals surface area contributed by atoms with Crippen molar-refractivity contribution in [3.05, 3.63) is 59.1 Å². The second-order valence-electron chi connectivity index (χ2n) is 5.92. The summed E-state index contributed by atoms with van der Waals surface area (Å²) < 4.78 is 39.1. The average Bonchev–Trinajstić information content (AvgIpc) is 2.96. The molecule has 1 fully saturated rings. The summed E-state index contributed by atoms with van der Waals surface area (Å²) in [6.07, 6.45) is -4.66. The van der Waals surface area contributed by atoms with Crippen molar-refractivity contribution < 1.29 is 22.8 Å². The minimum atomic E-state index is -4.58. The summed E-state index contributed by atoms with van der Waals surface area (Å²) in [7, 11) is 0. The van der Waals surface area contributed by atoms with Crippen LogP contribution in [0.25, 0.3) is 0 Å². The van der Waals surface area contributed by atoms with Crippen molar-refractivity contribution in [2.24, 2.45) is 5.92 Å². The smallest absolute Gasteiger partial charge is 0.325 e. The first-order chi connectivity index (χ1) is 12.3. The van der Waals surface area contributed by atoms with Gasteiger partial charge in [-0.3, -0.25) is 9.59 Å². The fourth-order valence-corrected chi connectivity index (χ4v) is 3.04. The van der Waals surface area contributed by atoms with Crippen LogP contribution in [0.1, 0.15) is 12.0 Å². The van der Waals surface area contributed by atoms with Crippen molar-refractivity contribution in [2.75, 3.05) is 16.8 Å². The molecule has 136 valence electrons. The van der Waals surface area contributed by atoms with Crippen LogP contribution in [0.5, 0.6) is 0 Å². The first-order valence-corrected chi connectivity index (χ1v) is 8.16. The van der Waals surface area contributed by atoms with Gasteiger partial charge in [-0.15, -0.1) is 0 Å². The highest BCUT2D eigenvalue weighted by molar-refractivity contribution is 6.31. The van der Waals surface area contributed by atoms with Gasteiger partial charge in [-0.05, 0) is 30.3 Å². The van der Waals surface area contributed by atoms with Gasteiger partial charge in [0, 0.05) is 23.7 Å². The van der Waals surface area contributed by atoms with E-state index < -0.39 is 23.6 Å². The fraction of sp³-hybridized carbons (Fsp3) is 0.222. The number of nitrogens with zero attached hydrogens (tertiary/aromatic N) is 1. The third-order valence-electron chi connectivity index (χ3n) is 4.11. The third-order valence-corrected chi connectivity index (χ3v) is 4.34. The second kappa shape index (κ2) is 6.99. The van der Waals surface area contributed by atoms with Gasteiger partial charge in [0.1, 0.15) is 0 Å². The lowest BCUT2D eigenvalue weighted by atomic mass is 10.1. The van der Waals surface area contributed by atoms with Crippen LogP contribution in [0, 0.1) is 5.92 Å². The molecule has 2 amide bonds. The number of hydrogen-bond acceptors (Lipinski definition) is 2. The Kier molecular flexibility index (Phi) is 4.91. The van der Waals surface area contributed by atoms with E-state index in [0.29, 0.717) is 10.7 Å². The Hall–Kier alpha value is -2.54. The van der Waals surface area contributed by atoms with E-state index in [1.807, 2.05) is 0 Å². The Labute approximate surface area is 152 Å². The summed E-state index contributed by atoms with van der Waals surface area (Å²) >= 11 is 5.91. The van der Waals surface area contributed by atoms with Crippen LogP contribution < -0.4 is 10.2 Å². The van der Waals surface area contributed by atoms with Gasteiger partial charge in [0.15, 0.2) is 0 Å². The monoisotopic (exact) mass is 382 g/mol. The third kappa shape index (κ3) is 3.83. The van der Waals surface area contributed by atoms with Gasteiger partial charge in [-0.2, -0.15) is 13.2 Å². The van der Waals surface area contributed by atoms with E-state index in [1.54, 1.807) is 24.3 Å². The van der Waals surface area contributed by atoms with Gasteiger partial charge >= 0.3 is 6.18 Å². The van der Waals surface area contributed by atoms with Crippen LogP contribution in [0.15, 0.2) is 48.5 Å². The van der Waals surface area contributed by atoms with E-state index in [1.165, 1.54) is 23.1 Å². The first-order valence-electron chi connectivity index (χ1n) is 7.79. The highest BCUT2D eigenvalue weighted by atomic mass is 35.5. The van der Waals surface area contributed by atoms with Crippen molar-refractivity contribution >= 4 is 34.8 Å². The maximum Gasteiger partial charge on any atom is 0.418 e. The van der Waals surface area contributed by atoms with E-state index in [9.17, 15) is 22.8 Å². The standard InChI is InChI=1S/C18H14ClF3N2O2/c19-12-4-3-5-13(9-12)24-10-11(8-16(24)25)17(26)23-15-7-2-1-6-14(15)18(20,21)22/h1-7,9,11H,8,10H2,(H,23,26)/t11-/m1/s1. The maximum atomic E-state index is 13.0. The molecule has 1 aliphatic rings. The van der Waals surface area contributed by atoms with E-state index in [4.69, 9.17) is 11.6 Å². The number of carbonyl (C=O) groups excluding carboxylic acids is 2. The molecule has 1 saturated heterocycles. The molecule has 1 N–H and O–H groups in total. The van der Waals surface area contributed by atoms with Crippen LogP contribution in [-0.4, -0.2) is 18.4 Å². The summed E-state index contributed by atoms with van der Waals surface area (Å²) in [6.45, 7) is 0.0825. The number of halogens is 4. The predicted octanol–water partition coefficient (Wildman–Crippen LogP) is 4.35. The number of alkyl halides is 3. The van der Waals surface area contributed by atoms with Crippen LogP contribution >= 0.6 is 11.6 Å². The number of amides is 2. The van der Waals surface area contributed by atoms with E-state index in [2.05, 4.69) is 5.32 Å². The molecule has 0 saturated carbocycles. The van der Waals surface area contributed by atoms with Crippen molar-refractivity contribution in [3.8, 4) is 0 Å². The largest absolute Gasteiger partial charge is 0.418 e. The molecule has 0 unspecified atom stereocenters. The van der Waals surface area contributed by atoms with Gasteiger partial charge in [0.25, 0.3) is 0 Å². The molecule has 0 radical (unpaired) electrons. The Bertz CT molecular complexity index is 854. The van der Waals surface area contributed by atoms with Crippen LogP contribution in [-0.2, 0) is 15.8 Å². The molecule has 1 heterocycles. The Morgan fingerprint density at radius 2 is 1.88 bits per heavy atom. The van der Waals surface area contributed by atoms with Crippen molar-refractivity contribution in [1.29, 1.82) is 0 Å². The number of nitrogens with one attached hydrogen (secondary N) is 1. The lowest BCUT2D eigenvalue weighted by molar-refractivity contribution is -0.137. The summed E-state index contributed by atoms with van der Waals surface area (Å²) in [5, 5.41) is 2.75. The minimum absolute atomic E-state index is 0.0769. The summed E-state index contributed by atoms with van der Waals surface area (Å²) in [4.78, 5) is 26.0. The number of benzene rings is 2. The zero-order chi connectivity index (χ0) is 18.9. The molecule has 8 heteroatoms. The molecule has 0 spiro atoms. The second-order valence-corrected chi connectivity index (χ2v) is 6.35. The van der Waals surface area contributed by atoms with Crippen LogP contribution in [0.4, 0.5) is 24.5 Å². The highest BCUT2D eigenvalue weighted by Gasteiger charge is 2.37. The van der Waals surface area contributed by atoms with Crippen molar-refractivity contribution in [1.82, 2.24) is 0 Å². The minimum Gasteiger partial charge on any atom is -0.325 e. The lowest BCUT2D eigenvalue weighted by Crippen LogP contribution is -2.28. The molecule has 1 aliphatic heterocycles. The van der Waals surface area contributed by atoms with Gasteiger partial charge in [0.2, 0.25) is 11.8 Å². The summed E-state index contributed by atoms with van der Waals surface area (Å²) in [6, 6.07) is 11.4. The van der Waals surface area contributed by atoms with Crippen LogP contribution in [0.2, 0.25) is 5.02 Å². The normalized spacial score (nSPS) is 17.5. The van der Waals surface area contributed by atoms with Gasteiger partial charge in [-0.25, -0.2) is 0 Å². The summed E-state index contributed by atoms with van der Waals surface area (Å²) in [5.74, 6) is -1.65. The molecule has 0 aromatic heterocycles. The number of para-hydroxylation sites is 1. The number of carbonyl (C=O) groups is 2. The average molecular weight is 383 g/mol. The number of rotatable bonds is 3. The fourth-order valence-electron chi connectivity index (χ4n) is 2.85. The van der Waals surface area contributed by atoms with Gasteiger partial charge in [-0.1, -0.05) is 29.8 Å². The molecule has 0 aliphatic carbocycles. The molecule has 4 nitrogen and oxygen atoms in total. The van der Waals surface area contributed by atoms with Crippen molar-refractivity contribution in [2.45, 2.75) is 12.6 Å². The SMILES string of the molecule is O=C(Nc1ccccc1C(F)(F)F)[C@@H]1CC(=O)N(c2cccc(Cl)c2)C1. The molecule has 2 aromatic rings. The molecule has 3 rings (SSSR count). The van der Waals surface area contributed by atoms with E-state index >= 15 is 0 Å². The first kappa shape index (κ1) is 18.3. The van der Waals surface area contributed by atoms with E-state index in [-0.39, 0.29) is 24.6 Å². The maximum absolute atomic E-state index is 13.0. The van der Waals surface area contributed by atoms with Gasteiger partial charge in [0.05, 0.1) is 17.2 Å². The Balaban J connectivity index is 1.75. The molecular weight excluding hydrogens is 369 g/mol. The lowest BCUT2D eigenvalue weighted by Gasteiger charge is -2.18. The molecular formula is C18H14ClF3N2O2. The number of anilines is 2. The molecule has 0 bridgehead atoms.